The van der Waals surface area contributed by atoms with Crippen molar-refractivity contribution in [3.05, 3.63) is 29.8 Å². The minimum atomic E-state index is 0.352. The van der Waals surface area contributed by atoms with Crippen molar-refractivity contribution in [3.63, 3.8) is 0 Å². The van der Waals surface area contributed by atoms with Gasteiger partial charge in [0.1, 0.15) is 5.75 Å². The largest absolute Gasteiger partial charge is 0.494 e. The van der Waals surface area contributed by atoms with Gasteiger partial charge in [-0.1, -0.05) is 69.1 Å². The van der Waals surface area contributed by atoms with Crippen molar-refractivity contribution in [1.82, 2.24) is 0 Å². The average Bonchev–Trinajstić information content (AvgIpc) is 2.50. The maximum absolute atomic E-state index is 8.68. The highest BCUT2D eigenvalue weighted by molar-refractivity contribution is 5.26. The Kier molecular flexibility index (Phi) is 10.9. The summed E-state index contributed by atoms with van der Waals surface area (Å²) in [6, 6.07) is 8.28. The minimum Gasteiger partial charge on any atom is -0.494 e. The summed E-state index contributed by atoms with van der Waals surface area (Å²) in [6.45, 7) is 3.28. The maximum atomic E-state index is 8.68. The molecule has 0 aliphatic heterocycles. The lowest BCUT2D eigenvalue weighted by Gasteiger charge is -2.06. The molecule has 0 atom stereocenters. The monoisotopic (exact) mass is 292 g/mol. The number of unbranched alkanes of at least 4 members (excludes halogenated alkanes) is 9. The third-order valence-corrected chi connectivity index (χ3v) is 3.84. The standard InChI is InChI=1S/C19H32O2/c1-18-12-14-19(15-13-18)21-17-11-9-7-5-3-2-4-6-8-10-16-20/h12-15,20H,2-11,16-17H2,1H3. The second kappa shape index (κ2) is 12.7. The van der Waals surface area contributed by atoms with E-state index in [1.54, 1.807) is 0 Å². The summed E-state index contributed by atoms with van der Waals surface area (Å²) in [6.07, 6.45) is 12.6. The van der Waals surface area contributed by atoms with E-state index in [1.807, 2.05) is 12.1 Å². The number of aliphatic hydroxyl groups excluding tert-OH is 1. The molecule has 1 aromatic carbocycles. The zero-order chi connectivity index (χ0) is 15.2. The van der Waals surface area contributed by atoms with Crippen LogP contribution in [0.3, 0.4) is 0 Å². The molecule has 0 fully saturated rings. The number of aliphatic hydroxyl groups is 1. The van der Waals surface area contributed by atoms with E-state index in [4.69, 9.17) is 9.84 Å². The summed E-state index contributed by atoms with van der Waals surface area (Å²) in [5, 5.41) is 8.68. The van der Waals surface area contributed by atoms with Gasteiger partial charge in [-0.25, -0.2) is 0 Å². The molecule has 0 amide bonds. The highest BCUT2D eigenvalue weighted by Crippen LogP contribution is 2.13. The molecule has 2 nitrogen and oxygen atoms in total. The van der Waals surface area contributed by atoms with E-state index in [1.165, 1.54) is 56.9 Å². The van der Waals surface area contributed by atoms with Crippen LogP contribution in [0.2, 0.25) is 0 Å². The Balaban J connectivity index is 1.81. The predicted molar refractivity (Wildman–Crippen MR) is 89.9 cm³/mol. The molecular formula is C19H32O2. The van der Waals surface area contributed by atoms with Crippen molar-refractivity contribution in [2.45, 2.75) is 71.1 Å². The molecule has 0 unspecified atom stereocenters. The highest BCUT2D eigenvalue weighted by atomic mass is 16.5. The quantitative estimate of drug-likeness (QED) is 0.502. The second-order valence-electron chi connectivity index (χ2n) is 5.92. The summed E-state index contributed by atoms with van der Waals surface area (Å²) in [5.41, 5.74) is 1.28. The van der Waals surface area contributed by atoms with Crippen molar-refractivity contribution >= 4 is 0 Å². The lowest BCUT2D eigenvalue weighted by molar-refractivity contribution is 0.282. The molecule has 0 heterocycles. The molecule has 0 saturated carbocycles. The number of aryl methyl sites for hydroxylation is 1. The lowest BCUT2D eigenvalue weighted by Crippen LogP contribution is -1.97. The smallest absolute Gasteiger partial charge is 0.119 e. The lowest BCUT2D eigenvalue weighted by atomic mass is 10.1. The van der Waals surface area contributed by atoms with Gasteiger partial charge in [0.05, 0.1) is 6.61 Å². The van der Waals surface area contributed by atoms with Crippen molar-refractivity contribution in [2.75, 3.05) is 13.2 Å². The van der Waals surface area contributed by atoms with Crippen molar-refractivity contribution in [1.29, 1.82) is 0 Å². The van der Waals surface area contributed by atoms with Gasteiger partial charge in [0.15, 0.2) is 0 Å². The molecule has 2 heteroatoms. The molecule has 0 aliphatic rings. The Labute approximate surface area is 130 Å². The third-order valence-electron chi connectivity index (χ3n) is 3.84. The van der Waals surface area contributed by atoms with Gasteiger partial charge in [-0.15, -0.1) is 0 Å². The SMILES string of the molecule is Cc1ccc(OCCCCCCCCCCCCO)cc1. The Morgan fingerprint density at radius 3 is 1.71 bits per heavy atom. The molecule has 0 aromatic heterocycles. The molecule has 0 spiro atoms. The van der Waals surface area contributed by atoms with E-state index in [2.05, 4.69) is 19.1 Å². The van der Waals surface area contributed by atoms with Gasteiger partial charge in [0, 0.05) is 6.61 Å². The Hall–Kier alpha value is -1.02. The number of hydrogen-bond donors (Lipinski definition) is 1. The van der Waals surface area contributed by atoms with Gasteiger partial charge in [-0.05, 0) is 31.9 Å². The van der Waals surface area contributed by atoms with Crippen LogP contribution in [0.15, 0.2) is 24.3 Å². The van der Waals surface area contributed by atoms with Crippen LogP contribution in [0, 0.1) is 6.92 Å². The maximum Gasteiger partial charge on any atom is 0.119 e. The summed E-state index contributed by atoms with van der Waals surface area (Å²) >= 11 is 0. The Bertz CT molecular complexity index is 332. The topological polar surface area (TPSA) is 29.5 Å². The highest BCUT2D eigenvalue weighted by Gasteiger charge is 1.95. The van der Waals surface area contributed by atoms with Gasteiger partial charge >= 0.3 is 0 Å². The first kappa shape index (κ1) is 18.0. The zero-order valence-corrected chi connectivity index (χ0v) is 13.7. The minimum absolute atomic E-state index is 0.352. The summed E-state index contributed by atoms with van der Waals surface area (Å²) in [4.78, 5) is 0. The molecule has 1 rings (SSSR count). The van der Waals surface area contributed by atoms with Gasteiger partial charge in [0.2, 0.25) is 0 Å². The fourth-order valence-corrected chi connectivity index (χ4v) is 2.45. The van der Waals surface area contributed by atoms with Gasteiger partial charge in [-0.2, -0.15) is 0 Å². The summed E-state index contributed by atoms with van der Waals surface area (Å²) in [5.74, 6) is 0.989. The van der Waals surface area contributed by atoms with Crippen LogP contribution in [0.5, 0.6) is 5.75 Å². The first-order valence-electron chi connectivity index (χ1n) is 8.63. The molecule has 0 radical (unpaired) electrons. The van der Waals surface area contributed by atoms with Gasteiger partial charge < -0.3 is 9.84 Å². The van der Waals surface area contributed by atoms with Crippen LogP contribution < -0.4 is 4.74 Å². The number of ether oxygens (including phenoxy) is 1. The first-order chi connectivity index (χ1) is 10.3. The summed E-state index contributed by atoms with van der Waals surface area (Å²) in [7, 11) is 0. The zero-order valence-electron chi connectivity index (χ0n) is 13.7. The van der Waals surface area contributed by atoms with E-state index in [0.717, 1.165) is 25.2 Å². The predicted octanol–water partition coefficient (Wildman–Crippen LogP) is 5.27. The van der Waals surface area contributed by atoms with Crippen LogP contribution in [-0.2, 0) is 0 Å². The van der Waals surface area contributed by atoms with Crippen LogP contribution >= 0.6 is 0 Å². The van der Waals surface area contributed by atoms with Crippen LogP contribution in [0.25, 0.3) is 0 Å². The van der Waals surface area contributed by atoms with Crippen molar-refractivity contribution in [2.24, 2.45) is 0 Å². The average molecular weight is 292 g/mol. The number of benzene rings is 1. The van der Waals surface area contributed by atoms with E-state index in [0.29, 0.717) is 6.61 Å². The summed E-state index contributed by atoms with van der Waals surface area (Å²) < 4.78 is 5.72. The van der Waals surface area contributed by atoms with Crippen molar-refractivity contribution in [3.8, 4) is 5.75 Å². The molecule has 21 heavy (non-hydrogen) atoms. The van der Waals surface area contributed by atoms with E-state index in [-0.39, 0.29) is 0 Å². The van der Waals surface area contributed by atoms with E-state index in [9.17, 15) is 0 Å². The van der Waals surface area contributed by atoms with Gasteiger partial charge in [0.25, 0.3) is 0 Å². The fourth-order valence-electron chi connectivity index (χ4n) is 2.45. The Morgan fingerprint density at radius 1 is 0.714 bits per heavy atom. The number of rotatable bonds is 13. The van der Waals surface area contributed by atoms with Crippen LogP contribution in [-0.4, -0.2) is 18.3 Å². The first-order valence-corrected chi connectivity index (χ1v) is 8.63. The number of hydrogen-bond acceptors (Lipinski definition) is 2. The molecule has 0 saturated heterocycles. The second-order valence-corrected chi connectivity index (χ2v) is 5.92. The van der Waals surface area contributed by atoms with Gasteiger partial charge in [-0.3, -0.25) is 0 Å². The van der Waals surface area contributed by atoms with Crippen LogP contribution in [0.4, 0.5) is 0 Å². The Morgan fingerprint density at radius 2 is 1.19 bits per heavy atom. The fraction of sp³-hybridized carbons (Fsp3) is 0.684. The van der Waals surface area contributed by atoms with E-state index >= 15 is 0 Å². The molecule has 0 aliphatic carbocycles. The normalized spacial score (nSPS) is 10.8. The molecule has 1 N–H and O–H groups in total. The molecule has 0 bridgehead atoms. The molecular weight excluding hydrogens is 260 g/mol. The van der Waals surface area contributed by atoms with Crippen LogP contribution in [0.1, 0.15) is 69.8 Å². The molecule has 1 aromatic rings. The third kappa shape index (κ3) is 10.4. The van der Waals surface area contributed by atoms with Crippen molar-refractivity contribution < 1.29 is 9.84 Å². The molecule has 120 valence electrons. The van der Waals surface area contributed by atoms with E-state index < -0.39 is 0 Å².